The van der Waals surface area contributed by atoms with Gasteiger partial charge >= 0.3 is 0 Å². The van der Waals surface area contributed by atoms with Crippen molar-refractivity contribution >= 4 is 0 Å². The molecule has 29 heavy (non-hydrogen) atoms. The number of fused-ring (bicyclic) bond motifs is 1. The Balaban J connectivity index is 1.74. The Kier molecular flexibility index (Phi) is 5.22. The maximum Gasteiger partial charge on any atom is 0.194 e. The molecule has 4 heteroatoms. The molecule has 0 radical (unpaired) electrons. The number of benzene rings is 3. The van der Waals surface area contributed by atoms with Crippen molar-refractivity contribution in [1.82, 2.24) is 0 Å². The van der Waals surface area contributed by atoms with Crippen LogP contribution in [-0.4, -0.2) is 5.11 Å². The predicted octanol–water partition coefficient (Wildman–Crippen LogP) is 6.10. The second kappa shape index (κ2) is 7.68. The van der Waals surface area contributed by atoms with Crippen LogP contribution < -0.4 is 0 Å². The van der Waals surface area contributed by atoms with Crippen molar-refractivity contribution in [3.05, 3.63) is 94.3 Å². The number of hydrogen-bond donors (Lipinski definition) is 1. The van der Waals surface area contributed by atoms with Crippen LogP contribution in [-0.2, 0) is 24.9 Å². The van der Waals surface area contributed by atoms with Gasteiger partial charge in [0.15, 0.2) is 17.5 Å². The van der Waals surface area contributed by atoms with Crippen LogP contribution in [0.15, 0.2) is 54.6 Å². The largest absolute Gasteiger partial charge is 0.385 e. The highest BCUT2D eigenvalue weighted by Gasteiger charge is 2.37. The number of aryl methyl sites for hydroxylation is 1. The Morgan fingerprint density at radius 2 is 1.69 bits per heavy atom. The van der Waals surface area contributed by atoms with Gasteiger partial charge in [-0.3, -0.25) is 0 Å². The molecule has 1 aliphatic rings. The molecule has 1 unspecified atom stereocenters. The van der Waals surface area contributed by atoms with E-state index in [0.717, 1.165) is 35.6 Å². The number of halogens is 3. The summed E-state index contributed by atoms with van der Waals surface area (Å²) in [6, 6.07) is 16.8. The van der Waals surface area contributed by atoms with Crippen molar-refractivity contribution in [3.63, 3.8) is 0 Å². The monoisotopic (exact) mass is 396 g/mol. The Morgan fingerprint density at radius 1 is 0.966 bits per heavy atom. The molecule has 1 nitrogen and oxygen atoms in total. The lowest BCUT2D eigenvalue weighted by atomic mass is 9.74. The molecule has 1 aliphatic carbocycles. The molecule has 0 saturated carbocycles. The third kappa shape index (κ3) is 3.58. The van der Waals surface area contributed by atoms with Crippen molar-refractivity contribution in [2.24, 2.45) is 0 Å². The summed E-state index contributed by atoms with van der Waals surface area (Å²) < 4.78 is 41.5. The van der Waals surface area contributed by atoms with Gasteiger partial charge in [0, 0.05) is 6.42 Å². The van der Waals surface area contributed by atoms with Crippen LogP contribution in [0.2, 0.25) is 0 Å². The van der Waals surface area contributed by atoms with Crippen LogP contribution in [0.3, 0.4) is 0 Å². The molecular formula is C25H23F3O. The van der Waals surface area contributed by atoms with Gasteiger partial charge in [0.1, 0.15) is 0 Å². The Hall–Kier alpha value is -2.59. The van der Waals surface area contributed by atoms with Gasteiger partial charge in [-0.05, 0) is 58.7 Å². The molecule has 0 heterocycles. The van der Waals surface area contributed by atoms with Gasteiger partial charge in [-0.2, -0.15) is 0 Å². The normalized spacial score (nSPS) is 18.5. The summed E-state index contributed by atoms with van der Waals surface area (Å²) in [6.45, 7) is 2.14. The van der Waals surface area contributed by atoms with E-state index in [0.29, 0.717) is 5.56 Å². The molecule has 0 aliphatic heterocycles. The van der Waals surface area contributed by atoms with E-state index >= 15 is 0 Å². The highest BCUT2D eigenvalue weighted by atomic mass is 19.2. The lowest BCUT2D eigenvalue weighted by molar-refractivity contribution is 0.0220. The molecule has 1 N–H and O–H groups in total. The molecule has 0 amide bonds. The van der Waals surface area contributed by atoms with Crippen molar-refractivity contribution in [3.8, 4) is 11.1 Å². The van der Waals surface area contributed by atoms with Gasteiger partial charge < -0.3 is 5.11 Å². The van der Waals surface area contributed by atoms with Crippen molar-refractivity contribution in [1.29, 1.82) is 0 Å². The number of aliphatic hydroxyl groups is 1. The van der Waals surface area contributed by atoms with E-state index < -0.39 is 23.1 Å². The Labute approximate surface area is 168 Å². The zero-order valence-electron chi connectivity index (χ0n) is 16.3. The maximum absolute atomic E-state index is 14.1. The Bertz CT molecular complexity index is 1040. The van der Waals surface area contributed by atoms with Gasteiger partial charge in [0.05, 0.1) is 5.60 Å². The summed E-state index contributed by atoms with van der Waals surface area (Å²) in [5, 5.41) is 11.5. The summed E-state index contributed by atoms with van der Waals surface area (Å²) >= 11 is 0. The van der Waals surface area contributed by atoms with Gasteiger partial charge in [0.2, 0.25) is 0 Å². The number of rotatable bonds is 4. The second-order valence-corrected chi connectivity index (χ2v) is 7.82. The first kappa shape index (κ1) is 19.7. The average Bonchev–Trinajstić information content (AvgIpc) is 2.73. The standard InChI is InChI=1S/C25H23F3O/c1-2-5-16-8-10-17(11-9-16)19-6-3-4-7-21(19)25(29)13-12-20-18(15-25)14-22(26)24(28)23(20)27/h3-4,6-11,14,29H,2,5,12-13,15H2,1H3. The van der Waals surface area contributed by atoms with Crippen molar-refractivity contribution in [2.75, 3.05) is 0 Å². The van der Waals surface area contributed by atoms with Crippen molar-refractivity contribution in [2.45, 2.75) is 44.6 Å². The maximum atomic E-state index is 14.1. The van der Waals surface area contributed by atoms with Crippen LogP contribution in [0.5, 0.6) is 0 Å². The van der Waals surface area contributed by atoms with E-state index in [1.807, 2.05) is 36.4 Å². The fourth-order valence-electron chi connectivity index (χ4n) is 4.36. The lowest BCUT2D eigenvalue weighted by Crippen LogP contribution is -2.34. The average molecular weight is 396 g/mol. The summed E-state index contributed by atoms with van der Waals surface area (Å²) in [6.07, 6.45) is 2.52. The molecule has 0 spiro atoms. The molecule has 4 rings (SSSR count). The van der Waals surface area contributed by atoms with Crippen LogP contribution in [0.25, 0.3) is 11.1 Å². The van der Waals surface area contributed by atoms with Gasteiger partial charge in [0.25, 0.3) is 0 Å². The van der Waals surface area contributed by atoms with Crippen LogP contribution in [0, 0.1) is 17.5 Å². The SMILES string of the molecule is CCCc1ccc(-c2ccccc2C2(O)CCc3c(cc(F)c(F)c3F)C2)cc1. The first-order valence-electron chi connectivity index (χ1n) is 9.99. The zero-order valence-corrected chi connectivity index (χ0v) is 16.3. The molecule has 1 atom stereocenters. The first-order chi connectivity index (χ1) is 13.9. The van der Waals surface area contributed by atoms with Crippen molar-refractivity contribution < 1.29 is 18.3 Å². The Morgan fingerprint density at radius 3 is 2.41 bits per heavy atom. The van der Waals surface area contributed by atoms with E-state index in [-0.39, 0.29) is 24.8 Å². The smallest absolute Gasteiger partial charge is 0.194 e. The summed E-state index contributed by atoms with van der Waals surface area (Å²) in [5.41, 5.74) is 3.06. The van der Waals surface area contributed by atoms with Gasteiger partial charge in [-0.15, -0.1) is 0 Å². The summed E-state index contributed by atoms with van der Waals surface area (Å²) in [7, 11) is 0. The topological polar surface area (TPSA) is 20.2 Å². The fraction of sp³-hybridized carbons (Fsp3) is 0.280. The second-order valence-electron chi connectivity index (χ2n) is 7.82. The minimum absolute atomic E-state index is 0.0430. The minimum Gasteiger partial charge on any atom is -0.385 e. The highest BCUT2D eigenvalue weighted by Crippen LogP contribution is 2.42. The molecule has 0 saturated heterocycles. The molecule has 3 aromatic rings. The fourth-order valence-corrected chi connectivity index (χ4v) is 4.36. The van der Waals surface area contributed by atoms with E-state index in [4.69, 9.17) is 0 Å². The molecule has 0 fully saturated rings. The lowest BCUT2D eigenvalue weighted by Gasteiger charge is -2.35. The van der Waals surface area contributed by atoms with E-state index in [2.05, 4.69) is 19.1 Å². The third-order valence-electron chi connectivity index (χ3n) is 5.86. The number of hydrogen-bond acceptors (Lipinski definition) is 1. The van der Waals surface area contributed by atoms with E-state index in [1.165, 1.54) is 5.56 Å². The first-order valence-corrected chi connectivity index (χ1v) is 9.99. The van der Waals surface area contributed by atoms with Crippen LogP contribution in [0.1, 0.15) is 42.0 Å². The molecular weight excluding hydrogens is 373 g/mol. The minimum atomic E-state index is -1.44. The van der Waals surface area contributed by atoms with Gasteiger partial charge in [-0.25, -0.2) is 13.2 Å². The quantitative estimate of drug-likeness (QED) is 0.528. The summed E-state index contributed by atoms with van der Waals surface area (Å²) in [5.74, 6) is -3.80. The predicted molar refractivity (Wildman–Crippen MR) is 108 cm³/mol. The molecule has 0 aromatic heterocycles. The highest BCUT2D eigenvalue weighted by molar-refractivity contribution is 5.69. The molecule has 150 valence electrons. The summed E-state index contributed by atoms with van der Waals surface area (Å²) in [4.78, 5) is 0. The van der Waals surface area contributed by atoms with Crippen LogP contribution in [0.4, 0.5) is 13.2 Å². The van der Waals surface area contributed by atoms with Gasteiger partial charge in [-0.1, -0.05) is 61.9 Å². The van der Waals surface area contributed by atoms with E-state index in [9.17, 15) is 18.3 Å². The van der Waals surface area contributed by atoms with E-state index in [1.54, 1.807) is 0 Å². The van der Waals surface area contributed by atoms with Crippen LogP contribution >= 0.6 is 0 Å². The third-order valence-corrected chi connectivity index (χ3v) is 5.86. The molecule has 3 aromatic carbocycles. The zero-order chi connectivity index (χ0) is 20.6. The molecule has 0 bridgehead atoms.